The summed E-state index contributed by atoms with van der Waals surface area (Å²) >= 11 is 11.1. The van der Waals surface area contributed by atoms with E-state index >= 15 is 0 Å². The number of nitrogens with one attached hydrogen (secondary N) is 1. The number of piperidine rings is 1. The second-order valence-corrected chi connectivity index (χ2v) is 8.06. The first-order valence-corrected chi connectivity index (χ1v) is 8.92. The summed E-state index contributed by atoms with van der Waals surface area (Å²) in [6.45, 7) is 6.50. The van der Waals surface area contributed by atoms with E-state index in [2.05, 4.69) is 27.3 Å². The molecule has 1 fully saturated rings. The molecule has 1 saturated heterocycles. The topological polar surface area (TPSA) is 32.3 Å². The molecule has 0 atom stereocenters. The Bertz CT molecular complexity index is 450. The molecule has 20 heavy (non-hydrogen) atoms. The van der Waals surface area contributed by atoms with Crippen molar-refractivity contribution in [3.8, 4) is 0 Å². The van der Waals surface area contributed by atoms with Crippen LogP contribution in [0.15, 0.2) is 10.5 Å². The van der Waals surface area contributed by atoms with Crippen LogP contribution < -0.4 is 5.32 Å². The number of amides is 1. The van der Waals surface area contributed by atoms with Crippen LogP contribution in [-0.2, 0) is 11.3 Å². The van der Waals surface area contributed by atoms with Crippen LogP contribution in [0.4, 0.5) is 0 Å². The lowest BCUT2D eigenvalue weighted by Crippen LogP contribution is -2.45. The second kappa shape index (κ2) is 7.25. The molecule has 0 spiro atoms. The number of hydrogen-bond acceptors (Lipinski definition) is 3. The van der Waals surface area contributed by atoms with E-state index in [-0.39, 0.29) is 11.8 Å². The van der Waals surface area contributed by atoms with E-state index in [0.717, 1.165) is 41.3 Å². The number of carbonyl (C=O) groups excluding carboxylic acids is 1. The highest BCUT2D eigenvalue weighted by Crippen LogP contribution is 2.32. The fourth-order valence-electron chi connectivity index (χ4n) is 2.39. The standard InChI is InChI=1S/C14H20BrClN2OS/c1-9(2)14(19)18-5-3-10(4-6-18)17-8-11-7-12(15)13(16)20-11/h7,9-10,17H,3-6,8H2,1-2H3. The average Bonchev–Trinajstić information content (AvgIpc) is 2.75. The Balaban J connectivity index is 1.76. The lowest BCUT2D eigenvalue weighted by atomic mass is 10.0. The van der Waals surface area contributed by atoms with Crippen molar-refractivity contribution < 1.29 is 4.79 Å². The summed E-state index contributed by atoms with van der Waals surface area (Å²) in [6, 6.07) is 2.56. The molecule has 1 aromatic rings. The molecule has 1 aliphatic heterocycles. The maximum Gasteiger partial charge on any atom is 0.225 e. The van der Waals surface area contributed by atoms with Crippen LogP contribution in [0.5, 0.6) is 0 Å². The molecule has 1 amide bonds. The van der Waals surface area contributed by atoms with Gasteiger partial charge < -0.3 is 10.2 Å². The predicted molar refractivity (Wildman–Crippen MR) is 88.3 cm³/mol. The molecule has 0 unspecified atom stereocenters. The average molecular weight is 380 g/mol. The van der Waals surface area contributed by atoms with E-state index in [1.807, 2.05) is 18.7 Å². The molecule has 0 radical (unpaired) electrons. The van der Waals surface area contributed by atoms with Crippen LogP contribution in [0, 0.1) is 5.92 Å². The van der Waals surface area contributed by atoms with Gasteiger partial charge in [0.25, 0.3) is 0 Å². The maximum absolute atomic E-state index is 11.9. The summed E-state index contributed by atoms with van der Waals surface area (Å²) in [6.07, 6.45) is 2.05. The molecule has 112 valence electrons. The van der Waals surface area contributed by atoms with Crippen LogP contribution in [-0.4, -0.2) is 29.9 Å². The minimum atomic E-state index is 0.102. The van der Waals surface area contributed by atoms with Crippen LogP contribution in [0.25, 0.3) is 0 Å². The number of hydrogen-bond donors (Lipinski definition) is 1. The Kier molecular flexibility index (Phi) is 5.90. The maximum atomic E-state index is 11.9. The van der Waals surface area contributed by atoms with Crippen molar-refractivity contribution in [3.63, 3.8) is 0 Å². The Labute approximate surface area is 137 Å². The molecule has 0 aromatic carbocycles. The van der Waals surface area contributed by atoms with Crippen molar-refractivity contribution >= 4 is 44.8 Å². The first kappa shape index (κ1) is 16.3. The van der Waals surface area contributed by atoms with Gasteiger partial charge in [-0.25, -0.2) is 0 Å². The molecule has 0 saturated carbocycles. The largest absolute Gasteiger partial charge is 0.342 e. The molecule has 1 aliphatic rings. The molecule has 3 nitrogen and oxygen atoms in total. The second-order valence-electron chi connectivity index (χ2n) is 5.47. The summed E-state index contributed by atoms with van der Waals surface area (Å²) in [5.74, 6) is 0.377. The van der Waals surface area contributed by atoms with Gasteiger partial charge in [0.2, 0.25) is 5.91 Å². The number of nitrogens with zero attached hydrogens (tertiary/aromatic N) is 1. The van der Waals surface area contributed by atoms with E-state index in [9.17, 15) is 4.79 Å². The van der Waals surface area contributed by atoms with Crippen LogP contribution in [0.3, 0.4) is 0 Å². The summed E-state index contributed by atoms with van der Waals surface area (Å²) in [5.41, 5.74) is 0. The van der Waals surface area contributed by atoms with Crippen molar-refractivity contribution in [3.05, 3.63) is 19.8 Å². The third-order valence-electron chi connectivity index (χ3n) is 3.56. The van der Waals surface area contributed by atoms with Crippen molar-refractivity contribution in [2.24, 2.45) is 5.92 Å². The smallest absolute Gasteiger partial charge is 0.225 e. The third kappa shape index (κ3) is 4.20. The summed E-state index contributed by atoms with van der Waals surface area (Å²) in [7, 11) is 0. The highest BCUT2D eigenvalue weighted by Gasteiger charge is 2.23. The van der Waals surface area contributed by atoms with Crippen LogP contribution in [0.1, 0.15) is 31.6 Å². The monoisotopic (exact) mass is 378 g/mol. The Morgan fingerprint density at radius 2 is 2.20 bits per heavy atom. The molecule has 2 heterocycles. The fraction of sp³-hybridized carbons (Fsp3) is 0.643. The zero-order chi connectivity index (χ0) is 14.7. The van der Waals surface area contributed by atoms with Gasteiger partial charge >= 0.3 is 0 Å². The third-order valence-corrected chi connectivity index (χ3v) is 6.04. The minimum Gasteiger partial charge on any atom is -0.342 e. The minimum absolute atomic E-state index is 0.102. The Morgan fingerprint density at radius 1 is 1.55 bits per heavy atom. The Hall–Kier alpha value is -0.100. The number of thiophene rings is 1. The first-order chi connectivity index (χ1) is 9.47. The lowest BCUT2D eigenvalue weighted by molar-refractivity contribution is -0.135. The van der Waals surface area contributed by atoms with Gasteiger partial charge in [-0.05, 0) is 34.8 Å². The molecule has 1 aromatic heterocycles. The van der Waals surface area contributed by atoms with Gasteiger partial charge in [0.05, 0.1) is 0 Å². The predicted octanol–water partition coefficient (Wildman–Crippen LogP) is 3.90. The molecular formula is C14H20BrClN2OS. The summed E-state index contributed by atoms with van der Waals surface area (Å²) in [4.78, 5) is 15.1. The number of likely N-dealkylation sites (tertiary alicyclic amines) is 1. The molecular weight excluding hydrogens is 360 g/mol. The normalized spacial score (nSPS) is 16.9. The van der Waals surface area contributed by atoms with Gasteiger partial charge in [-0.3, -0.25) is 4.79 Å². The van der Waals surface area contributed by atoms with Crippen molar-refractivity contribution in [2.75, 3.05) is 13.1 Å². The van der Waals surface area contributed by atoms with Gasteiger partial charge in [-0.2, -0.15) is 0 Å². The summed E-state index contributed by atoms with van der Waals surface area (Å²) < 4.78 is 1.78. The van der Waals surface area contributed by atoms with Gasteiger partial charge in [0.1, 0.15) is 4.34 Å². The molecule has 0 bridgehead atoms. The summed E-state index contributed by atoms with van der Waals surface area (Å²) in [5, 5.41) is 3.56. The van der Waals surface area contributed by atoms with E-state index in [1.54, 1.807) is 11.3 Å². The van der Waals surface area contributed by atoms with Gasteiger partial charge in [0, 0.05) is 40.9 Å². The molecule has 1 N–H and O–H groups in total. The zero-order valence-corrected chi connectivity index (χ0v) is 14.9. The van der Waals surface area contributed by atoms with Crippen molar-refractivity contribution in [1.82, 2.24) is 10.2 Å². The highest BCUT2D eigenvalue weighted by atomic mass is 79.9. The Morgan fingerprint density at radius 3 is 2.70 bits per heavy atom. The molecule has 0 aliphatic carbocycles. The van der Waals surface area contributed by atoms with E-state index in [0.29, 0.717) is 6.04 Å². The molecule has 2 rings (SSSR count). The van der Waals surface area contributed by atoms with Crippen molar-refractivity contribution in [2.45, 2.75) is 39.3 Å². The zero-order valence-electron chi connectivity index (χ0n) is 11.8. The van der Waals surface area contributed by atoms with E-state index in [1.165, 1.54) is 4.88 Å². The number of halogens is 2. The van der Waals surface area contributed by atoms with Gasteiger partial charge in [-0.1, -0.05) is 25.4 Å². The first-order valence-electron chi connectivity index (χ1n) is 6.93. The lowest BCUT2D eigenvalue weighted by Gasteiger charge is -2.33. The number of rotatable bonds is 4. The van der Waals surface area contributed by atoms with Crippen molar-refractivity contribution in [1.29, 1.82) is 0 Å². The number of carbonyl (C=O) groups is 1. The van der Waals surface area contributed by atoms with E-state index < -0.39 is 0 Å². The van der Waals surface area contributed by atoms with E-state index in [4.69, 9.17) is 11.6 Å². The van der Waals surface area contributed by atoms with Gasteiger partial charge in [0.15, 0.2) is 0 Å². The quantitative estimate of drug-likeness (QED) is 0.860. The van der Waals surface area contributed by atoms with Crippen LogP contribution in [0.2, 0.25) is 4.34 Å². The fourth-order valence-corrected chi connectivity index (χ4v) is 4.13. The highest BCUT2D eigenvalue weighted by molar-refractivity contribution is 9.10. The molecule has 6 heteroatoms. The van der Waals surface area contributed by atoms with Gasteiger partial charge in [-0.15, -0.1) is 11.3 Å². The SMILES string of the molecule is CC(C)C(=O)N1CCC(NCc2cc(Br)c(Cl)s2)CC1. The van der Waals surface area contributed by atoms with Crippen LogP contribution >= 0.6 is 38.9 Å².